The second-order valence-electron chi connectivity index (χ2n) is 4.19. The third-order valence-electron chi connectivity index (χ3n) is 3.34. The van der Waals surface area contributed by atoms with Crippen molar-refractivity contribution in [2.45, 2.75) is 24.9 Å². The molecule has 3 heteroatoms. The number of benzene rings is 1. The molecule has 2 aliphatic rings. The van der Waals surface area contributed by atoms with Gasteiger partial charge in [-0.1, -0.05) is 19.1 Å². The first kappa shape index (κ1) is 8.92. The van der Waals surface area contributed by atoms with Crippen LogP contribution in [0.5, 0.6) is 5.75 Å². The van der Waals surface area contributed by atoms with Gasteiger partial charge in [-0.15, -0.1) is 0 Å². The van der Waals surface area contributed by atoms with Crippen molar-refractivity contribution < 1.29 is 9.53 Å². The largest absolute Gasteiger partial charge is 0.490 e. The van der Waals surface area contributed by atoms with Crippen molar-refractivity contribution in [2.24, 2.45) is 0 Å². The van der Waals surface area contributed by atoms with Crippen LogP contribution >= 0.6 is 0 Å². The van der Waals surface area contributed by atoms with Gasteiger partial charge in [-0.3, -0.25) is 10.1 Å². The number of Topliss-reactive ketones (excluding diaryl/α,β-unsaturated/α-hetero) is 1. The van der Waals surface area contributed by atoms with E-state index in [9.17, 15) is 4.79 Å². The first-order chi connectivity index (χ1) is 7.28. The van der Waals surface area contributed by atoms with E-state index in [0.717, 1.165) is 12.2 Å². The van der Waals surface area contributed by atoms with Crippen LogP contribution in [0.1, 0.15) is 23.7 Å². The van der Waals surface area contributed by atoms with Crippen LogP contribution in [0.2, 0.25) is 0 Å². The lowest BCUT2D eigenvalue weighted by Gasteiger charge is -2.23. The lowest BCUT2D eigenvalue weighted by atomic mass is 9.91. The monoisotopic (exact) mass is 203 g/mol. The van der Waals surface area contributed by atoms with Crippen molar-refractivity contribution in [1.82, 2.24) is 5.32 Å². The highest BCUT2D eigenvalue weighted by Crippen LogP contribution is 2.39. The Hall–Kier alpha value is -1.35. The number of rotatable bonds is 1. The quantitative estimate of drug-likeness (QED) is 0.701. The molecule has 2 aliphatic heterocycles. The Morgan fingerprint density at radius 1 is 1.53 bits per heavy atom. The summed E-state index contributed by atoms with van der Waals surface area (Å²) in [7, 11) is 0. The van der Waals surface area contributed by atoms with E-state index in [4.69, 9.17) is 4.74 Å². The van der Waals surface area contributed by atoms with E-state index >= 15 is 0 Å². The van der Waals surface area contributed by atoms with Gasteiger partial charge in [0, 0.05) is 6.04 Å². The van der Waals surface area contributed by atoms with Gasteiger partial charge in [-0.05, 0) is 18.6 Å². The Morgan fingerprint density at radius 2 is 2.33 bits per heavy atom. The number of ketones is 1. The smallest absolute Gasteiger partial charge is 0.191 e. The zero-order chi connectivity index (χ0) is 10.5. The Kier molecular flexibility index (Phi) is 1.68. The van der Waals surface area contributed by atoms with Crippen LogP contribution in [0.15, 0.2) is 24.3 Å². The van der Waals surface area contributed by atoms with Gasteiger partial charge in [0.05, 0.1) is 5.56 Å². The molecule has 3 rings (SSSR count). The maximum absolute atomic E-state index is 12.2. The first-order valence-electron chi connectivity index (χ1n) is 5.32. The fourth-order valence-corrected chi connectivity index (χ4v) is 2.36. The molecule has 0 radical (unpaired) electrons. The second kappa shape index (κ2) is 2.83. The van der Waals surface area contributed by atoms with Crippen molar-refractivity contribution >= 4 is 5.78 Å². The maximum Gasteiger partial charge on any atom is 0.191 e. The molecular weight excluding hydrogens is 190 g/mol. The first-order valence-corrected chi connectivity index (χ1v) is 5.32. The number of hydrogen-bond acceptors (Lipinski definition) is 3. The van der Waals surface area contributed by atoms with Gasteiger partial charge in [-0.2, -0.15) is 0 Å². The van der Waals surface area contributed by atoms with Crippen LogP contribution in [0, 0.1) is 0 Å². The molecule has 78 valence electrons. The topological polar surface area (TPSA) is 48.2 Å². The van der Waals surface area contributed by atoms with Crippen LogP contribution in [-0.4, -0.2) is 24.0 Å². The summed E-state index contributed by atoms with van der Waals surface area (Å²) < 4.78 is 5.62. The lowest BCUT2D eigenvalue weighted by Crippen LogP contribution is -2.40. The second-order valence-corrected chi connectivity index (χ2v) is 4.19. The minimum absolute atomic E-state index is 0.191. The summed E-state index contributed by atoms with van der Waals surface area (Å²) in [5.74, 6) is 0.910. The third-order valence-corrected chi connectivity index (χ3v) is 3.34. The maximum atomic E-state index is 12.2. The number of ether oxygens (including phenoxy) is 1. The van der Waals surface area contributed by atoms with E-state index < -0.39 is 5.54 Å². The molecule has 1 saturated heterocycles. The number of para-hydroxylation sites is 1. The van der Waals surface area contributed by atoms with Gasteiger partial charge in [0.2, 0.25) is 0 Å². The summed E-state index contributed by atoms with van der Waals surface area (Å²) in [5, 5.41) is 3.25. The van der Waals surface area contributed by atoms with Gasteiger partial charge in [0.1, 0.15) is 17.9 Å². The molecule has 2 heterocycles. The summed E-state index contributed by atoms with van der Waals surface area (Å²) in [6, 6.07) is 7.75. The third kappa shape index (κ3) is 1.07. The molecule has 0 aromatic heterocycles. The standard InChI is InChI=1S/C12H13NO2/c1-2-10-12(13-10)7-15-9-6-4-3-5-8(9)11(12)14/h3-6,10,13H,2,7H2,1H3/t10-,12+/m1/s1. The van der Waals surface area contributed by atoms with Crippen LogP contribution in [-0.2, 0) is 0 Å². The average Bonchev–Trinajstić information content (AvgIpc) is 2.99. The van der Waals surface area contributed by atoms with Crippen molar-refractivity contribution in [3.63, 3.8) is 0 Å². The molecule has 1 fully saturated rings. The van der Waals surface area contributed by atoms with E-state index in [1.54, 1.807) is 0 Å². The van der Waals surface area contributed by atoms with E-state index in [2.05, 4.69) is 12.2 Å². The van der Waals surface area contributed by atoms with E-state index in [1.165, 1.54) is 0 Å². The van der Waals surface area contributed by atoms with E-state index in [0.29, 0.717) is 18.2 Å². The number of nitrogens with one attached hydrogen (secondary N) is 1. The fourth-order valence-electron chi connectivity index (χ4n) is 2.36. The summed E-state index contributed by atoms with van der Waals surface area (Å²) in [6.07, 6.45) is 0.970. The molecule has 0 bridgehead atoms. The van der Waals surface area contributed by atoms with Crippen LogP contribution in [0.3, 0.4) is 0 Å². The average molecular weight is 203 g/mol. The van der Waals surface area contributed by atoms with Crippen LogP contribution in [0.25, 0.3) is 0 Å². The molecule has 0 saturated carbocycles. The molecular formula is C12H13NO2. The molecule has 1 aromatic carbocycles. The molecule has 0 amide bonds. The zero-order valence-corrected chi connectivity index (χ0v) is 8.62. The predicted octanol–water partition coefficient (Wildman–Crippen LogP) is 1.38. The Labute approximate surface area is 88.4 Å². The van der Waals surface area contributed by atoms with Gasteiger partial charge >= 0.3 is 0 Å². The van der Waals surface area contributed by atoms with E-state index in [-0.39, 0.29) is 5.78 Å². The number of hydrogen-bond donors (Lipinski definition) is 1. The van der Waals surface area contributed by atoms with Gasteiger partial charge in [0.15, 0.2) is 5.78 Å². The van der Waals surface area contributed by atoms with Crippen molar-refractivity contribution in [2.75, 3.05) is 6.61 Å². The number of carbonyl (C=O) groups is 1. The molecule has 1 aromatic rings. The zero-order valence-electron chi connectivity index (χ0n) is 8.62. The Bertz CT molecular complexity index is 429. The minimum atomic E-state index is -0.414. The Balaban J connectivity index is 2.01. The Morgan fingerprint density at radius 3 is 3.07 bits per heavy atom. The molecule has 0 aliphatic carbocycles. The lowest BCUT2D eigenvalue weighted by molar-refractivity contribution is 0.0865. The van der Waals surface area contributed by atoms with Crippen molar-refractivity contribution in [3.8, 4) is 5.75 Å². The number of carbonyl (C=O) groups excluding carboxylic acids is 1. The normalized spacial score (nSPS) is 32.3. The highest BCUT2D eigenvalue weighted by atomic mass is 16.5. The minimum Gasteiger partial charge on any atom is -0.490 e. The summed E-state index contributed by atoms with van der Waals surface area (Å²) >= 11 is 0. The summed E-state index contributed by atoms with van der Waals surface area (Å²) in [4.78, 5) is 12.2. The summed E-state index contributed by atoms with van der Waals surface area (Å²) in [5.41, 5.74) is 0.301. The summed E-state index contributed by atoms with van der Waals surface area (Å²) in [6.45, 7) is 2.56. The highest BCUT2D eigenvalue weighted by Gasteiger charge is 2.61. The van der Waals surface area contributed by atoms with E-state index in [1.807, 2.05) is 24.3 Å². The molecule has 3 nitrogen and oxygen atoms in total. The molecule has 2 atom stereocenters. The van der Waals surface area contributed by atoms with Gasteiger partial charge in [-0.25, -0.2) is 0 Å². The van der Waals surface area contributed by atoms with Crippen molar-refractivity contribution in [3.05, 3.63) is 29.8 Å². The number of fused-ring (bicyclic) bond motifs is 1. The van der Waals surface area contributed by atoms with Crippen molar-refractivity contribution in [1.29, 1.82) is 0 Å². The highest BCUT2D eigenvalue weighted by molar-refractivity contribution is 6.09. The molecule has 15 heavy (non-hydrogen) atoms. The predicted molar refractivity (Wildman–Crippen MR) is 56.2 cm³/mol. The molecule has 0 unspecified atom stereocenters. The van der Waals surface area contributed by atoms with Gasteiger partial charge < -0.3 is 4.74 Å². The van der Waals surface area contributed by atoms with Gasteiger partial charge in [0.25, 0.3) is 0 Å². The van der Waals surface area contributed by atoms with Crippen LogP contribution in [0.4, 0.5) is 0 Å². The molecule has 1 N–H and O–H groups in total. The SMILES string of the molecule is CC[C@H]1N[C@@]12COc1ccccc1C2=O. The molecule has 1 spiro atoms. The fraction of sp³-hybridized carbons (Fsp3) is 0.417. The van der Waals surface area contributed by atoms with Crippen LogP contribution < -0.4 is 10.1 Å².